The maximum Gasteiger partial charge on any atom is 0.275 e. The zero-order chi connectivity index (χ0) is 18.7. The number of nitrogens with one attached hydrogen (secondary N) is 1. The molecule has 0 spiro atoms. The van der Waals surface area contributed by atoms with Crippen LogP contribution in [0, 0.1) is 13.8 Å². The van der Waals surface area contributed by atoms with Crippen molar-refractivity contribution in [3.8, 4) is 11.4 Å². The standard InChI is InChI=1S/C19H23N5O2/c1-4-5-10-20-16(25)12-23-14(3)11-17(26)24-19(23)21-18(22-24)15-9-7-6-8-13(15)2/h6-9,11H,4-5,10,12H2,1-3H3,(H,20,25). The van der Waals surface area contributed by atoms with Crippen LogP contribution >= 0.6 is 0 Å². The Bertz CT molecular complexity index is 1000. The third-order valence-corrected chi connectivity index (χ3v) is 4.34. The summed E-state index contributed by atoms with van der Waals surface area (Å²) in [5.74, 6) is 0.748. The van der Waals surface area contributed by atoms with Crippen molar-refractivity contribution in [1.82, 2.24) is 24.5 Å². The first-order valence-corrected chi connectivity index (χ1v) is 8.81. The molecule has 1 amide bonds. The fourth-order valence-electron chi connectivity index (χ4n) is 2.84. The largest absolute Gasteiger partial charge is 0.355 e. The molecule has 2 heterocycles. The van der Waals surface area contributed by atoms with Crippen LogP contribution in [-0.2, 0) is 11.3 Å². The van der Waals surface area contributed by atoms with Gasteiger partial charge in [0.25, 0.3) is 5.56 Å². The van der Waals surface area contributed by atoms with Gasteiger partial charge in [-0.2, -0.15) is 9.50 Å². The zero-order valence-corrected chi connectivity index (χ0v) is 15.3. The Balaban J connectivity index is 2.02. The second kappa shape index (κ2) is 7.51. The van der Waals surface area contributed by atoms with E-state index in [1.54, 1.807) is 11.5 Å². The minimum absolute atomic E-state index is 0.102. The molecule has 2 aromatic heterocycles. The van der Waals surface area contributed by atoms with Gasteiger partial charge in [0, 0.05) is 23.9 Å². The van der Waals surface area contributed by atoms with Gasteiger partial charge in [-0.1, -0.05) is 37.6 Å². The third kappa shape index (κ3) is 3.51. The summed E-state index contributed by atoms with van der Waals surface area (Å²) in [4.78, 5) is 29.1. The lowest BCUT2D eigenvalue weighted by molar-refractivity contribution is -0.121. The molecule has 0 radical (unpaired) electrons. The number of unbranched alkanes of at least 4 members (excludes halogenated alkanes) is 1. The highest BCUT2D eigenvalue weighted by Gasteiger charge is 2.16. The number of carbonyl (C=O) groups excluding carboxylic acids is 1. The number of carbonyl (C=O) groups is 1. The Morgan fingerprint density at radius 3 is 2.73 bits per heavy atom. The summed E-state index contributed by atoms with van der Waals surface area (Å²) in [5.41, 5.74) is 2.31. The fourth-order valence-corrected chi connectivity index (χ4v) is 2.84. The first-order valence-electron chi connectivity index (χ1n) is 8.81. The average Bonchev–Trinajstić information content (AvgIpc) is 3.05. The van der Waals surface area contributed by atoms with Crippen LogP contribution in [0.3, 0.4) is 0 Å². The molecule has 3 aromatic rings. The van der Waals surface area contributed by atoms with Gasteiger partial charge in [0.15, 0.2) is 5.82 Å². The number of benzene rings is 1. The number of fused-ring (bicyclic) bond motifs is 1. The van der Waals surface area contributed by atoms with Crippen LogP contribution in [-0.4, -0.2) is 31.6 Å². The van der Waals surface area contributed by atoms with E-state index >= 15 is 0 Å². The molecule has 0 fully saturated rings. The van der Waals surface area contributed by atoms with Crippen molar-refractivity contribution in [2.24, 2.45) is 0 Å². The van der Waals surface area contributed by atoms with E-state index in [0.29, 0.717) is 23.8 Å². The van der Waals surface area contributed by atoms with Crippen LogP contribution in [0.5, 0.6) is 0 Å². The summed E-state index contributed by atoms with van der Waals surface area (Å²) < 4.78 is 2.98. The number of rotatable bonds is 6. The summed E-state index contributed by atoms with van der Waals surface area (Å²) >= 11 is 0. The van der Waals surface area contributed by atoms with Crippen LogP contribution < -0.4 is 10.9 Å². The number of aromatic nitrogens is 4. The molecule has 7 nitrogen and oxygen atoms in total. The van der Waals surface area contributed by atoms with Gasteiger partial charge >= 0.3 is 0 Å². The molecule has 0 atom stereocenters. The van der Waals surface area contributed by atoms with Crippen molar-refractivity contribution in [2.45, 2.75) is 40.2 Å². The van der Waals surface area contributed by atoms with Crippen molar-refractivity contribution in [1.29, 1.82) is 0 Å². The van der Waals surface area contributed by atoms with Gasteiger partial charge in [-0.3, -0.25) is 9.59 Å². The molecule has 0 aliphatic carbocycles. The Labute approximate surface area is 151 Å². The fraction of sp³-hybridized carbons (Fsp3) is 0.368. The van der Waals surface area contributed by atoms with Crippen molar-refractivity contribution in [3.05, 3.63) is 51.9 Å². The molecule has 1 aromatic carbocycles. The molecule has 136 valence electrons. The number of nitrogens with zero attached hydrogens (tertiary/aromatic N) is 4. The van der Waals surface area contributed by atoms with Gasteiger partial charge in [0.05, 0.1) is 0 Å². The lowest BCUT2D eigenvalue weighted by Gasteiger charge is -2.11. The summed E-state index contributed by atoms with van der Waals surface area (Å²) in [5, 5.41) is 7.26. The van der Waals surface area contributed by atoms with E-state index in [4.69, 9.17) is 0 Å². The molecule has 3 rings (SSSR count). The van der Waals surface area contributed by atoms with Gasteiger partial charge in [-0.25, -0.2) is 0 Å². The normalized spacial score (nSPS) is 11.0. The van der Waals surface area contributed by atoms with E-state index in [9.17, 15) is 9.59 Å². The minimum Gasteiger partial charge on any atom is -0.355 e. The predicted octanol–water partition coefficient (Wildman–Crippen LogP) is 2.09. The molecule has 0 aliphatic heterocycles. The Kier molecular flexibility index (Phi) is 5.16. The number of aryl methyl sites for hydroxylation is 2. The topological polar surface area (TPSA) is 81.3 Å². The van der Waals surface area contributed by atoms with Crippen LogP contribution in [0.15, 0.2) is 35.1 Å². The van der Waals surface area contributed by atoms with Crippen LogP contribution in [0.2, 0.25) is 0 Å². The minimum atomic E-state index is -0.257. The summed E-state index contributed by atoms with van der Waals surface area (Å²) in [7, 11) is 0. The number of amides is 1. The summed E-state index contributed by atoms with van der Waals surface area (Å²) in [6, 6.07) is 9.22. The van der Waals surface area contributed by atoms with Crippen LogP contribution in [0.25, 0.3) is 17.2 Å². The maximum absolute atomic E-state index is 12.3. The monoisotopic (exact) mass is 353 g/mol. The van der Waals surface area contributed by atoms with E-state index < -0.39 is 0 Å². The third-order valence-electron chi connectivity index (χ3n) is 4.34. The second-order valence-electron chi connectivity index (χ2n) is 6.38. The van der Waals surface area contributed by atoms with E-state index in [-0.39, 0.29) is 18.0 Å². The van der Waals surface area contributed by atoms with Gasteiger partial charge < -0.3 is 9.88 Å². The highest BCUT2D eigenvalue weighted by atomic mass is 16.2. The lowest BCUT2D eigenvalue weighted by Crippen LogP contribution is -2.31. The molecular weight excluding hydrogens is 330 g/mol. The van der Waals surface area contributed by atoms with Crippen molar-refractivity contribution < 1.29 is 4.79 Å². The van der Waals surface area contributed by atoms with Gasteiger partial charge in [-0.15, -0.1) is 5.10 Å². The first-order chi connectivity index (χ1) is 12.5. The van der Waals surface area contributed by atoms with Crippen molar-refractivity contribution in [2.75, 3.05) is 6.54 Å². The predicted molar refractivity (Wildman–Crippen MR) is 100 cm³/mol. The molecule has 26 heavy (non-hydrogen) atoms. The Morgan fingerprint density at radius 1 is 1.23 bits per heavy atom. The summed E-state index contributed by atoms with van der Waals surface area (Å²) in [6.45, 7) is 6.59. The summed E-state index contributed by atoms with van der Waals surface area (Å²) in [6.07, 6.45) is 1.96. The van der Waals surface area contributed by atoms with Gasteiger partial charge in [0.1, 0.15) is 6.54 Å². The van der Waals surface area contributed by atoms with Gasteiger partial charge in [0.2, 0.25) is 11.7 Å². The molecule has 0 bridgehead atoms. The Morgan fingerprint density at radius 2 is 2.00 bits per heavy atom. The first kappa shape index (κ1) is 17.8. The number of hydrogen-bond donors (Lipinski definition) is 1. The van der Waals surface area contributed by atoms with E-state index in [0.717, 1.165) is 24.0 Å². The molecule has 1 N–H and O–H groups in total. The highest BCUT2D eigenvalue weighted by molar-refractivity contribution is 5.76. The highest BCUT2D eigenvalue weighted by Crippen LogP contribution is 2.20. The van der Waals surface area contributed by atoms with E-state index in [1.807, 2.05) is 31.2 Å². The van der Waals surface area contributed by atoms with Crippen molar-refractivity contribution >= 4 is 11.7 Å². The van der Waals surface area contributed by atoms with Gasteiger partial charge in [-0.05, 0) is 25.8 Å². The zero-order valence-electron chi connectivity index (χ0n) is 15.3. The average molecular weight is 353 g/mol. The molecule has 0 saturated heterocycles. The molecule has 0 unspecified atom stereocenters. The van der Waals surface area contributed by atoms with Crippen LogP contribution in [0.4, 0.5) is 0 Å². The molecule has 0 saturated carbocycles. The second-order valence-corrected chi connectivity index (χ2v) is 6.38. The van der Waals surface area contributed by atoms with Crippen molar-refractivity contribution in [3.63, 3.8) is 0 Å². The molecule has 7 heteroatoms. The van der Waals surface area contributed by atoms with Crippen LogP contribution in [0.1, 0.15) is 31.0 Å². The molecular formula is C19H23N5O2. The number of hydrogen-bond acceptors (Lipinski definition) is 4. The Hall–Kier alpha value is -2.96. The van der Waals surface area contributed by atoms with E-state index in [2.05, 4.69) is 22.3 Å². The lowest BCUT2D eigenvalue weighted by atomic mass is 10.1. The molecule has 0 aliphatic rings. The van der Waals surface area contributed by atoms with E-state index in [1.165, 1.54) is 10.6 Å². The maximum atomic E-state index is 12.3. The SMILES string of the molecule is CCCCNC(=O)Cn1c(C)cc(=O)n2nc(-c3ccccc3C)nc12. The quantitative estimate of drug-likeness (QED) is 0.688. The smallest absolute Gasteiger partial charge is 0.275 e.